The lowest BCUT2D eigenvalue weighted by Crippen LogP contribution is -2.35. The molecule has 0 saturated carbocycles. The van der Waals surface area contributed by atoms with Crippen LogP contribution in [0.4, 0.5) is 5.82 Å². The summed E-state index contributed by atoms with van der Waals surface area (Å²) in [7, 11) is 0. The summed E-state index contributed by atoms with van der Waals surface area (Å²) in [5.74, 6) is 0.917. The van der Waals surface area contributed by atoms with Crippen LogP contribution in [0.2, 0.25) is 0 Å². The highest BCUT2D eigenvalue weighted by Crippen LogP contribution is 2.37. The van der Waals surface area contributed by atoms with Gasteiger partial charge in [0.25, 0.3) is 0 Å². The highest BCUT2D eigenvalue weighted by Gasteiger charge is 2.18. The van der Waals surface area contributed by atoms with Crippen LogP contribution < -0.4 is 10.6 Å². The van der Waals surface area contributed by atoms with Gasteiger partial charge >= 0.3 is 0 Å². The van der Waals surface area contributed by atoms with Crippen LogP contribution in [0.15, 0.2) is 42.6 Å². The van der Waals surface area contributed by atoms with Crippen molar-refractivity contribution in [1.82, 2.24) is 25.5 Å². The molecule has 5 rings (SSSR count). The molecule has 1 saturated heterocycles. The number of benzene rings is 1. The first-order valence-electron chi connectivity index (χ1n) is 9.63. The second-order valence-corrected chi connectivity index (χ2v) is 8.32. The summed E-state index contributed by atoms with van der Waals surface area (Å²) in [6.45, 7) is 4.09. The van der Waals surface area contributed by atoms with Crippen LogP contribution in [0, 0.1) is 6.92 Å². The molecule has 1 aromatic carbocycles. The van der Waals surface area contributed by atoms with E-state index in [0.717, 1.165) is 69.5 Å². The first-order chi connectivity index (χ1) is 13.8. The van der Waals surface area contributed by atoms with Gasteiger partial charge in [0, 0.05) is 23.2 Å². The van der Waals surface area contributed by atoms with E-state index in [1.165, 1.54) is 0 Å². The van der Waals surface area contributed by atoms with Crippen molar-refractivity contribution in [2.24, 2.45) is 0 Å². The molecule has 142 valence electrons. The smallest absolute Gasteiger partial charge is 0.148 e. The fraction of sp³-hybridized carbons (Fsp3) is 0.286. The minimum Gasteiger partial charge on any atom is -0.367 e. The molecule has 1 fully saturated rings. The molecule has 1 aliphatic rings. The van der Waals surface area contributed by atoms with E-state index in [4.69, 9.17) is 4.98 Å². The molecule has 3 N–H and O–H groups in total. The molecule has 0 unspecified atom stereocenters. The van der Waals surface area contributed by atoms with Crippen LogP contribution in [0.25, 0.3) is 32.7 Å². The molecule has 0 radical (unpaired) electrons. The minimum atomic E-state index is 0.454. The van der Waals surface area contributed by atoms with Crippen LogP contribution in [-0.2, 0) is 0 Å². The molecule has 0 amide bonds. The van der Waals surface area contributed by atoms with E-state index in [1.54, 1.807) is 11.3 Å². The van der Waals surface area contributed by atoms with Gasteiger partial charge in [-0.3, -0.25) is 0 Å². The number of nitrogens with one attached hydrogen (secondary N) is 3. The Hall–Kier alpha value is -2.77. The number of fused-ring (bicyclic) bond motifs is 1. The number of pyridine rings is 1. The Morgan fingerprint density at radius 3 is 2.64 bits per heavy atom. The molecule has 7 heteroatoms. The Kier molecular flexibility index (Phi) is 4.54. The second-order valence-electron chi connectivity index (χ2n) is 7.14. The highest BCUT2D eigenvalue weighted by atomic mass is 32.1. The zero-order chi connectivity index (χ0) is 18.9. The third kappa shape index (κ3) is 3.27. The number of nitrogens with zero attached hydrogens (tertiary/aromatic N) is 3. The summed E-state index contributed by atoms with van der Waals surface area (Å²) >= 11 is 1.62. The standard InChI is InChI=1S/C21H22N6S/c1-13-26-27-21(28-13)17-5-3-2-4-15(17)18-12-19(24-14-6-9-22-10-7-14)25-20-16(18)8-11-23-20/h2-5,8,11-12,14,22H,6-7,9-10H2,1H3,(H2,23,24,25). The number of aromatic nitrogens is 4. The summed E-state index contributed by atoms with van der Waals surface area (Å²) in [6, 6.07) is 13.1. The van der Waals surface area contributed by atoms with E-state index in [2.05, 4.69) is 62.2 Å². The summed E-state index contributed by atoms with van der Waals surface area (Å²) in [5.41, 5.74) is 4.32. The predicted octanol–water partition coefficient (Wildman–Crippen LogP) is 4.22. The van der Waals surface area contributed by atoms with Gasteiger partial charge in [-0.05, 0) is 56.1 Å². The number of rotatable bonds is 4. The van der Waals surface area contributed by atoms with Gasteiger partial charge in [-0.2, -0.15) is 0 Å². The van der Waals surface area contributed by atoms with Gasteiger partial charge in [-0.15, -0.1) is 10.2 Å². The number of aromatic amines is 1. The van der Waals surface area contributed by atoms with E-state index in [1.807, 2.05) is 13.1 Å². The Morgan fingerprint density at radius 1 is 1.04 bits per heavy atom. The number of hydrogen-bond donors (Lipinski definition) is 3. The van der Waals surface area contributed by atoms with E-state index >= 15 is 0 Å². The van der Waals surface area contributed by atoms with Crippen molar-refractivity contribution in [3.63, 3.8) is 0 Å². The highest BCUT2D eigenvalue weighted by molar-refractivity contribution is 7.14. The molecule has 0 atom stereocenters. The summed E-state index contributed by atoms with van der Waals surface area (Å²) in [6.07, 6.45) is 4.17. The van der Waals surface area contributed by atoms with E-state index in [-0.39, 0.29) is 0 Å². The number of hydrogen-bond acceptors (Lipinski definition) is 6. The van der Waals surface area contributed by atoms with Crippen molar-refractivity contribution in [2.75, 3.05) is 18.4 Å². The Bertz CT molecular complexity index is 1110. The number of piperidine rings is 1. The Morgan fingerprint density at radius 2 is 1.86 bits per heavy atom. The zero-order valence-corrected chi connectivity index (χ0v) is 16.5. The Balaban J connectivity index is 1.62. The molecule has 1 aliphatic heterocycles. The summed E-state index contributed by atoms with van der Waals surface area (Å²) < 4.78 is 0. The third-order valence-electron chi connectivity index (χ3n) is 5.19. The van der Waals surface area contributed by atoms with Crippen LogP contribution in [-0.4, -0.2) is 39.3 Å². The lowest BCUT2D eigenvalue weighted by atomic mass is 9.98. The van der Waals surface area contributed by atoms with Crippen molar-refractivity contribution in [2.45, 2.75) is 25.8 Å². The quantitative estimate of drug-likeness (QED) is 0.486. The normalized spacial score (nSPS) is 15.2. The van der Waals surface area contributed by atoms with Crippen LogP contribution in [0.3, 0.4) is 0 Å². The molecule has 6 nitrogen and oxygen atoms in total. The summed E-state index contributed by atoms with van der Waals surface area (Å²) in [5, 5.41) is 18.7. The molecule has 4 aromatic rings. The molecular weight excluding hydrogens is 368 g/mol. The van der Waals surface area contributed by atoms with E-state index in [9.17, 15) is 0 Å². The van der Waals surface area contributed by atoms with Crippen molar-refractivity contribution >= 4 is 28.2 Å². The first kappa shape index (κ1) is 17.3. The SMILES string of the molecule is Cc1nnc(-c2ccccc2-c2cc(NC3CCNCC3)nc3[nH]ccc23)s1. The number of aryl methyl sites for hydroxylation is 1. The van der Waals surface area contributed by atoms with Crippen LogP contribution in [0.5, 0.6) is 0 Å². The van der Waals surface area contributed by atoms with E-state index < -0.39 is 0 Å². The van der Waals surface area contributed by atoms with Crippen molar-refractivity contribution < 1.29 is 0 Å². The van der Waals surface area contributed by atoms with Crippen molar-refractivity contribution in [3.05, 3.63) is 47.6 Å². The van der Waals surface area contributed by atoms with Crippen molar-refractivity contribution in [3.8, 4) is 21.7 Å². The fourth-order valence-electron chi connectivity index (χ4n) is 3.82. The van der Waals surface area contributed by atoms with Crippen molar-refractivity contribution in [1.29, 1.82) is 0 Å². The lowest BCUT2D eigenvalue weighted by molar-refractivity contribution is 0.478. The minimum absolute atomic E-state index is 0.454. The average molecular weight is 391 g/mol. The largest absolute Gasteiger partial charge is 0.367 e. The Labute approximate surface area is 167 Å². The first-order valence-corrected chi connectivity index (χ1v) is 10.4. The maximum Gasteiger partial charge on any atom is 0.148 e. The molecule has 0 bridgehead atoms. The monoisotopic (exact) mass is 390 g/mol. The molecular formula is C21H22N6S. The van der Waals surface area contributed by atoms with Gasteiger partial charge in [-0.1, -0.05) is 35.6 Å². The predicted molar refractivity (Wildman–Crippen MR) is 115 cm³/mol. The van der Waals surface area contributed by atoms with Gasteiger partial charge in [-0.25, -0.2) is 4.98 Å². The maximum absolute atomic E-state index is 4.81. The van der Waals surface area contributed by atoms with Gasteiger partial charge in [0.1, 0.15) is 21.5 Å². The van der Waals surface area contributed by atoms with Gasteiger partial charge in [0.05, 0.1) is 0 Å². The lowest BCUT2D eigenvalue weighted by Gasteiger charge is -2.24. The fourth-order valence-corrected chi connectivity index (χ4v) is 4.55. The zero-order valence-electron chi connectivity index (χ0n) is 15.7. The number of anilines is 1. The summed E-state index contributed by atoms with van der Waals surface area (Å²) in [4.78, 5) is 8.09. The maximum atomic E-state index is 4.81. The molecule has 0 aliphatic carbocycles. The average Bonchev–Trinajstić information content (AvgIpc) is 3.37. The molecule has 28 heavy (non-hydrogen) atoms. The molecule has 3 aromatic heterocycles. The topological polar surface area (TPSA) is 78.5 Å². The number of H-pyrrole nitrogens is 1. The van der Waals surface area contributed by atoms with E-state index in [0.29, 0.717) is 6.04 Å². The van der Waals surface area contributed by atoms with Crippen LogP contribution >= 0.6 is 11.3 Å². The van der Waals surface area contributed by atoms with Gasteiger partial charge in [0.15, 0.2) is 0 Å². The van der Waals surface area contributed by atoms with Gasteiger partial charge < -0.3 is 15.6 Å². The second kappa shape index (κ2) is 7.33. The van der Waals surface area contributed by atoms with Crippen LogP contribution in [0.1, 0.15) is 17.8 Å². The third-order valence-corrected chi connectivity index (χ3v) is 6.07. The van der Waals surface area contributed by atoms with Gasteiger partial charge in [0.2, 0.25) is 0 Å². The molecule has 4 heterocycles. The molecule has 0 spiro atoms.